The Morgan fingerprint density at radius 1 is 1.23 bits per heavy atom. The lowest BCUT2D eigenvalue weighted by Gasteiger charge is -2.40. The van der Waals surface area contributed by atoms with E-state index in [4.69, 9.17) is 0 Å². The molecule has 31 heavy (non-hydrogen) atoms. The van der Waals surface area contributed by atoms with Crippen LogP contribution in [0.2, 0.25) is 0 Å². The Morgan fingerprint density at radius 2 is 1.94 bits per heavy atom. The highest BCUT2D eigenvalue weighted by molar-refractivity contribution is 6.09. The van der Waals surface area contributed by atoms with Crippen LogP contribution in [0, 0.1) is 12.8 Å². The van der Waals surface area contributed by atoms with E-state index in [2.05, 4.69) is 36.1 Å². The first-order valence-electron chi connectivity index (χ1n) is 10.7. The maximum atomic E-state index is 13.7. The molecule has 0 spiro atoms. The number of halogens is 3. The lowest BCUT2D eigenvalue weighted by Crippen LogP contribution is -2.57. The highest BCUT2D eigenvalue weighted by atomic mass is 19.4. The number of hydrogen-bond donors (Lipinski definition) is 1. The summed E-state index contributed by atoms with van der Waals surface area (Å²) in [6.07, 6.45) is -1.33. The van der Waals surface area contributed by atoms with Crippen LogP contribution in [0.25, 0.3) is 0 Å². The first kappa shape index (κ1) is 23.2. The standard InChI is InChI=1S/C23H29F3N4O/c1-5-16-12-30(13-17(28-16)11-14(2)3)20-9-8-19(23(24,25)26)21(29-20)22(31)18-7-6-10-27-15(18)4/h6-10,14,16-17,28H,5,11-13H2,1-4H3/t16-,17+/m1/s1. The Morgan fingerprint density at radius 3 is 2.55 bits per heavy atom. The number of carbonyl (C=O) groups is 1. The Hall–Kier alpha value is -2.48. The first-order chi connectivity index (χ1) is 14.6. The van der Waals surface area contributed by atoms with Gasteiger partial charge in [-0.05, 0) is 49.9 Å². The zero-order valence-electron chi connectivity index (χ0n) is 18.3. The zero-order valence-corrected chi connectivity index (χ0v) is 18.3. The van der Waals surface area contributed by atoms with Crippen LogP contribution in [-0.2, 0) is 6.18 Å². The Kier molecular flexibility index (Phi) is 6.99. The molecule has 1 aliphatic heterocycles. The minimum atomic E-state index is -4.68. The van der Waals surface area contributed by atoms with Crippen molar-refractivity contribution >= 4 is 11.6 Å². The van der Waals surface area contributed by atoms with Crippen molar-refractivity contribution in [3.05, 3.63) is 53.0 Å². The molecule has 0 saturated carbocycles. The molecule has 0 unspecified atom stereocenters. The number of rotatable bonds is 6. The van der Waals surface area contributed by atoms with Crippen LogP contribution < -0.4 is 10.2 Å². The molecule has 0 amide bonds. The number of hydrogen-bond acceptors (Lipinski definition) is 5. The Bertz CT molecular complexity index is 929. The number of ketones is 1. The van der Waals surface area contributed by atoms with E-state index in [1.165, 1.54) is 24.4 Å². The smallest absolute Gasteiger partial charge is 0.353 e. The third-order valence-corrected chi connectivity index (χ3v) is 5.58. The highest BCUT2D eigenvalue weighted by Gasteiger charge is 2.38. The number of nitrogens with one attached hydrogen (secondary N) is 1. The van der Waals surface area contributed by atoms with Gasteiger partial charge in [0, 0.05) is 42.6 Å². The van der Waals surface area contributed by atoms with E-state index in [0.717, 1.165) is 18.9 Å². The van der Waals surface area contributed by atoms with Crippen molar-refractivity contribution in [3.8, 4) is 0 Å². The van der Waals surface area contributed by atoms with Crippen LogP contribution in [0.4, 0.5) is 19.0 Å². The van der Waals surface area contributed by atoms with Gasteiger partial charge in [0.05, 0.1) is 5.56 Å². The van der Waals surface area contributed by atoms with E-state index in [1.807, 2.05) is 4.90 Å². The van der Waals surface area contributed by atoms with Gasteiger partial charge >= 0.3 is 6.18 Å². The Labute approximate surface area is 181 Å². The molecule has 0 aromatic carbocycles. The number of nitrogens with zero attached hydrogens (tertiary/aromatic N) is 3. The second-order valence-corrected chi connectivity index (χ2v) is 8.53. The van der Waals surface area contributed by atoms with E-state index in [9.17, 15) is 18.0 Å². The fraction of sp³-hybridized carbons (Fsp3) is 0.522. The number of aromatic nitrogens is 2. The summed E-state index contributed by atoms with van der Waals surface area (Å²) in [6.45, 7) is 9.22. The fourth-order valence-corrected chi connectivity index (χ4v) is 4.07. The molecule has 0 aliphatic carbocycles. The van der Waals surface area contributed by atoms with Gasteiger partial charge in [0.15, 0.2) is 0 Å². The van der Waals surface area contributed by atoms with Gasteiger partial charge < -0.3 is 10.2 Å². The number of carbonyl (C=O) groups excluding carboxylic acids is 1. The normalized spacial score (nSPS) is 19.7. The minimum absolute atomic E-state index is 0.127. The van der Waals surface area contributed by atoms with Gasteiger partial charge in [0.25, 0.3) is 0 Å². The Balaban J connectivity index is 2.01. The molecule has 2 atom stereocenters. The van der Waals surface area contributed by atoms with Crippen molar-refractivity contribution < 1.29 is 18.0 Å². The number of anilines is 1. The fourth-order valence-electron chi connectivity index (χ4n) is 4.07. The van der Waals surface area contributed by atoms with Gasteiger partial charge in [-0.25, -0.2) is 4.98 Å². The molecular formula is C23H29F3N4O. The monoisotopic (exact) mass is 434 g/mol. The molecule has 0 radical (unpaired) electrons. The topological polar surface area (TPSA) is 58.1 Å². The van der Waals surface area contributed by atoms with Crippen molar-refractivity contribution in [2.75, 3.05) is 18.0 Å². The summed E-state index contributed by atoms with van der Waals surface area (Å²) in [5.41, 5.74) is -1.10. The maximum Gasteiger partial charge on any atom is 0.418 e. The van der Waals surface area contributed by atoms with Crippen LogP contribution in [0.15, 0.2) is 30.5 Å². The van der Waals surface area contributed by atoms with Gasteiger partial charge in [0.1, 0.15) is 11.5 Å². The van der Waals surface area contributed by atoms with Crippen molar-refractivity contribution in [1.82, 2.24) is 15.3 Å². The number of piperazine rings is 1. The van der Waals surface area contributed by atoms with Gasteiger partial charge in [-0.15, -0.1) is 0 Å². The summed E-state index contributed by atoms with van der Waals surface area (Å²) in [5.74, 6) is 0.119. The predicted molar refractivity (Wildman–Crippen MR) is 114 cm³/mol. The third-order valence-electron chi connectivity index (χ3n) is 5.58. The predicted octanol–water partition coefficient (Wildman–Crippen LogP) is 4.64. The third kappa shape index (κ3) is 5.42. The molecule has 1 aliphatic rings. The molecule has 1 fully saturated rings. The van der Waals surface area contributed by atoms with Crippen molar-refractivity contribution in [3.63, 3.8) is 0 Å². The SMILES string of the molecule is CC[C@@H]1CN(c2ccc(C(F)(F)F)c(C(=O)c3cccnc3C)n2)C[C@H](CC(C)C)N1. The van der Waals surface area contributed by atoms with Gasteiger partial charge in [-0.3, -0.25) is 9.78 Å². The van der Waals surface area contributed by atoms with Crippen LogP contribution in [-0.4, -0.2) is 40.9 Å². The summed E-state index contributed by atoms with van der Waals surface area (Å²) in [6, 6.07) is 5.79. The van der Waals surface area contributed by atoms with Crippen LogP contribution in [0.1, 0.15) is 60.9 Å². The molecule has 2 aromatic heterocycles. The van der Waals surface area contributed by atoms with E-state index in [-0.39, 0.29) is 17.6 Å². The number of pyridine rings is 2. The number of alkyl halides is 3. The van der Waals surface area contributed by atoms with Gasteiger partial charge in [0.2, 0.25) is 5.78 Å². The van der Waals surface area contributed by atoms with Crippen LogP contribution >= 0.6 is 0 Å². The zero-order chi connectivity index (χ0) is 22.8. The lowest BCUT2D eigenvalue weighted by molar-refractivity contribution is -0.138. The van der Waals surface area contributed by atoms with Crippen LogP contribution in [0.5, 0.6) is 0 Å². The molecule has 8 heteroatoms. The van der Waals surface area contributed by atoms with E-state index >= 15 is 0 Å². The minimum Gasteiger partial charge on any atom is -0.353 e. The van der Waals surface area contributed by atoms with Crippen molar-refractivity contribution in [2.45, 2.75) is 58.8 Å². The highest BCUT2D eigenvalue weighted by Crippen LogP contribution is 2.34. The van der Waals surface area contributed by atoms with Crippen LogP contribution in [0.3, 0.4) is 0 Å². The number of aryl methyl sites for hydroxylation is 1. The summed E-state index contributed by atoms with van der Waals surface area (Å²) < 4.78 is 41.1. The quantitative estimate of drug-likeness (QED) is 0.672. The van der Waals surface area contributed by atoms with E-state index < -0.39 is 23.2 Å². The molecule has 1 saturated heterocycles. The summed E-state index contributed by atoms with van der Waals surface area (Å²) in [5, 5.41) is 3.62. The van der Waals surface area contributed by atoms with E-state index in [0.29, 0.717) is 30.5 Å². The molecule has 2 aromatic rings. The molecule has 3 heterocycles. The van der Waals surface area contributed by atoms with Crippen molar-refractivity contribution in [2.24, 2.45) is 5.92 Å². The lowest BCUT2D eigenvalue weighted by atomic mass is 9.98. The maximum absolute atomic E-state index is 13.7. The summed E-state index contributed by atoms with van der Waals surface area (Å²) in [7, 11) is 0. The summed E-state index contributed by atoms with van der Waals surface area (Å²) in [4.78, 5) is 23.4. The second-order valence-electron chi connectivity index (χ2n) is 8.53. The molecule has 5 nitrogen and oxygen atoms in total. The first-order valence-corrected chi connectivity index (χ1v) is 10.7. The van der Waals surface area contributed by atoms with Crippen molar-refractivity contribution in [1.29, 1.82) is 0 Å². The average molecular weight is 435 g/mol. The average Bonchev–Trinajstić information content (AvgIpc) is 2.71. The largest absolute Gasteiger partial charge is 0.418 e. The summed E-state index contributed by atoms with van der Waals surface area (Å²) >= 11 is 0. The second kappa shape index (κ2) is 9.34. The molecular weight excluding hydrogens is 405 g/mol. The van der Waals surface area contributed by atoms with Gasteiger partial charge in [-0.1, -0.05) is 20.8 Å². The molecule has 0 bridgehead atoms. The molecule has 1 N–H and O–H groups in total. The van der Waals surface area contributed by atoms with Gasteiger partial charge in [-0.2, -0.15) is 13.2 Å². The molecule has 168 valence electrons. The van der Waals surface area contributed by atoms with E-state index in [1.54, 1.807) is 6.92 Å². The molecule has 3 rings (SSSR count).